The maximum Gasteiger partial charge on any atom is 0.116 e. The molecule has 2 unspecified atom stereocenters. The fourth-order valence-electron chi connectivity index (χ4n) is 4.46. The summed E-state index contributed by atoms with van der Waals surface area (Å²) in [7, 11) is 2.19. The summed E-state index contributed by atoms with van der Waals surface area (Å²) in [5.41, 5.74) is 5.71. The van der Waals surface area contributed by atoms with Crippen molar-refractivity contribution in [1.29, 1.82) is 0 Å². The minimum atomic E-state index is 0.386. The highest BCUT2D eigenvalue weighted by molar-refractivity contribution is 5.82. The van der Waals surface area contributed by atoms with Crippen molar-refractivity contribution in [3.8, 4) is 5.75 Å². The Bertz CT molecular complexity index is 628. The van der Waals surface area contributed by atoms with E-state index in [4.69, 9.17) is 0 Å². The zero-order chi connectivity index (χ0) is 14.4. The minimum Gasteiger partial charge on any atom is -0.508 e. The summed E-state index contributed by atoms with van der Waals surface area (Å²) in [6.45, 7) is 0. The van der Waals surface area contributed by atoms with E-state index in [-0.39, 0.29) is 0 Å². The van der Waals surface area contributed by atoms with Crippen LogP contribution in [0.25, 0.3) is 11.6 Å². The van der Waals surface area contributed by atoms with Crippen molar-refractivity contribution in [2.24, 2.45) is 5.92 Å². The van der Waals surface area contributed by atoms with Gasteiger partial charge in [0.1, 0.15) is 5.75 Å². The zero-order valence-corrected chi connectivity index (χ0v) is 12.7. The second-order valence-corrected chi connectivity index (χ2v) is 6.73. The van der Waals surface area contributed by atoms with Gasteiger partial charge in [-0.3, -0.25) is 0 Å². The molecule has 0 aromatic heterocycles. The predicted molar refractivity (Wildman–Crippen MR) is 86.8 cm³/mol. The first-order valence-electron chi connectivity index (χ1n) is 8.20. The summed E-state index contributed by atoms with van der Waals surface area (Å²) >= 11 is 0. The Morgan fingerprint density at radius 2 is 2.05 bits per heavy atom. The third kappa shape index (κ3) is 2.08. The molecule has 1 saturated carbocycles. The molecule has 1 aromatic carbocycles. The van der Waals surface area contributed by atoms with Crippen LogP contribution in [0.1, 0.15) is 49.7 Å². The Morgan fingerprint density at radius 1 is 1.14 bits per heavy atom. The van der Waals surface area contributed by atoms with Crippen molar-refractivity contribution in [3.63, 3.8) is 0 Å². The Balaban J connectivity index is 1.95. The molecule has 0 bridgehead atoms. The molecule has 3 aliphatic rings. The molecule has 2 nitrogen and oxygen atoms in total. The molecule has 1 aromatic rings. The van der Waals surface area contributed by atoms with E-state index in [9.17, 15) is 5.11 Å². The van der Waals surface area contributed by atoms with E-state index in [1.807, 2.05) is 6.07 Å². The minimum absolute atomic E-state index is 0.386. The van der Waals surface area contributed by atoms with Gasteiger partial charge in [0.25, 0.3) is 0 Å². The molecule has 2 atom stereocenters. The van der Waals surface area contributed by atoms with Gasteiger partial charge < -0.3 is 10.0 Å². The molecule has 0 spiro atoms. The number of likely N-dealkylation sites (N-methyl/N-ethyl adjacent to an activating group) is 1. The van der Waals surface area contributed by atoms with Crippen LogP contribution in [0.3, 0.4) is 0 Å². The molecule has 0 radical (unpaired) electrons. The normalized spacial score (nSPS) is 27.8. The van der Waals surface area contributed by atoms with E-state index in [0.717, 1.165) is 5.92 Å². The van der Waals surface area contributed by atoms with Crippen molar-refractivity contribution in [1.82, 2.24) is 4.90 Å². The lowest BCUT2D eigenvalue weighted by atomic mass is 9.70. The summed E-state index contributed by atoms with van der Waals surface area (Å²) in [4.78, 5) is 2.37. The first-order valence-corrected chi connectivity index (χ1v) is 8.20. The van der Waals surface area contributed by atoms with Crippen LogP contribution in [0.5, 0.6) is 5.75 Å². The Labute approximate surface area is 126 Å². The van der Waals surface area contributed by atoms with Crippen LogP contribution < -0.4 is 0 Å². The molecule has 0 amide bonds. The lowest BCUT2D eigenvalue weighted by molar-refractivity contribution is 0.311. The number of rotatable bonds is 0. The van der Waals surface area contributed by atoms with Gasteiger partial charge in [-0.1, -0.05) is 18.1 Å². The largest absolute Gasteiger partial charge is 0.508 e. The van der Waals surface area contributed by atoms with E-state index in [1.54, 1.807) is 11.6 Å². The Morgan fingerprint density at radius 3 is 2.95 bits per heavy atom. The van der Waals surface area contributed by atoms with Crippen LogP contribution in [0.4, 0.5) is 0 Å². The highest BCUT2D eigenvalue weighted by Gasteiger charge is 2.34. The number of phenols is 1. The fraction of sp³-hybridized carbons (Fsp3) is 0.474. The number of hydrogen-bond donors (Lipinski definition) is 1. The van der Waals surface area contributed by atoms with Crippen molar-refractivity contribution in [2.75, 3.05) is 7.05 Å². The van der Waals surface area contributed by atoms with Crippen LogP contribution in [-0.2, 0) is 0 Å². The lowest BCUT2D eigenvalue weighted by Crippen LogP contribution is -2.34. The van der Waals surface area contributed by atoms with Crippen LogP contribution in [-0.4, -0.2) is 23.1 Å². The first kappa shape index (κ1) is 13.0. The fourth-order valence-corrected chi connectivity index (χ4v) is 4.46. The standard InChI is InChI=1S/C19H23NO/c1-20-11-10-14-6-8-15(21)12-17(14)19-16-5-3-2-4-13(16)7-9-18(19)20/h6,8,10-13,18,21H,2-5,7,9H2,1H3. The van der Waals surface area contributed by atoms with Crippen molar-refractivity contribution in [2.45, 2.75) is 44.6 Å². The van der Waals surface area contributed by atoms with Crippen molar-refractivity contribution in [3.05, 3.63) is 41.1 Å². The molecule has 0 saturated heterocycles. The van der Waals surface area contributed by atoms with E-state index in [1.165, 1.54) is 55.2 Å². The summed E-state index contributed by atoms with van der Waals surface area (Å²) in [5, 5.41) is 9.97. The molecular weight excluding hydrogens is 258 g/mol. The molecule has 2 aliphatic carbocycles. The second-order valence-electron chi connectivity index (χ2n) is 6.73. The highest BCUT2D eigenvalue weighted by atomic mass is 16.3. The van der Waals surface area contributed by atoms with Crippen molar-refractivity contribution >= 4 is 11.6 Å². The molecule has 1 aliphatic heterocycles. The predicted octanol–water partition coefficient (Wildman–Crippen LogP) is 4.41. The van der Waals surface area contributed by atoms with E-state index < -0.39 is 0 Å². The van der Waals surface area contributed by atoms with E-state index >= 15 is 0 Å². The quantitative estimate of drug-likeness (QED) is 0.761. The van der Waals surface area contributed by atoms with Gasteiger partial charge in [-0.25, -0.2) is 0 Å². The van der Waals surface area contributed by atoms with E-state index in [2.05, 4.69) is 30.3 Å². The van der Waals surface area contributed by atoms with Gasteiger partial charge in [0.2, 0.25) is 0 Å². The number of allylic oxidation sites excluding steroid dienone is 1. The van der Waals surface area contributed by atoms with Gasteiger partial charge in [0.05, 0.1) is 6.04 Å². The van der Waals surface area contributed by atoms with Gasteiger partial charge in [0.15, 0.2) is 0 Å². The first-order chi connectivity index (χ1) is 10.2. The zero-order valence-electron chi connectivity index (χ0n) is 12.7. The molecule has 21 heavy (non-hydrogen) atoms. The number of phenolic OH excluding ortho intramolecular Hbond substituents is 1. The van der Waals surface area contributed by atoms with Gasteiger partial charge in [-0.15, -0.1) is 0 Å². The summed E-state index contributed by atoms with van der Waals surface area (Å²) in [6, 6.07) is 6.31. The van der Waals surface area contributed by atoms with Gasteiger partial charge >= 0.3 is 0 Å². The van der Waals surface area contributed by atoms with Crippen LogP contribution >= 0.6 is 0 Å². The third-order valence-electron chi connectivity index (χ3n) is 5.52. The molecule has 2 heteroatoms. The number of aromatic hydroxyl groups is 1. The highest BCUT2D eigenvalue weighted by Crippen LogP contribution is 2.47. The summed E-state index contributed by atoms with van der Waals surface area (Å²) in [6.07, 6.45) is 12.3. The second kappa shape index (κ2) is 4.94. The Kier molecular flexibility index (Phi) is 3.06. The lowest BCUT2D eigenvalue weighted by Gasteiger charge is -2.40. The molecule has 1 heterocycles. The van der Waals surface area contributed by atoms with Crippen LogP contribution in [0.2, 0.25) is 0 Å². The Hall–Kier alpha value is -1.70. The topological polar surface area (TPSA) is 23.5 Å². The van der Waals surface area contributed by atoms with E-state index in [0.29, 0.717) is 11.8 Å². The van der Waals surface area contributed by atoms with Gasteiger partial charge in [0, 0.05) is 7.05 Å². The number of nitrogens with zero attached hydrogens (tertiary/aromatic N) is 1. The average Bonchev–Trinajstić information content (AvgIpc) is 2.65. The summed E-state index contributed by atoms with van der Waals surface area (Å²) < 4.78 is 0. The molecule has 4 rings (SSSR count). The number of benzene rings is 1. The molecule has 110 valence electrons. The molecular formula is C19H23NO. The summed E-state index contributed by atoms with van der Waals surface area (Å²) in [5.74, 6) is 1.17. The van der Waals surface area contributed by atoms with Crippen LogP contribution in [0, 0.1) is 5.92 Å². The maximum absolute atomic E-state index is 9.97. The molecule has 1 fully saturated rings. The third-order valence-corrected chi connectivity index (χ3v) is 5.52. The van der Waals surface area contributed by atoms with Gasteiger partial charge in [-0.05, 0) is 79.1 Å². The molecule has 1 N–H and O–H groups in total. The van der Waals surface area contributed by atoms with Crippen molar-refractivity contribution < 1.29 is 5.11 Å². The SMILES string of the molecule is CN1C=Cc2ccc(O)cc2C2=C3CCCCC3CCC21. The smallest absolute Gasteiger partial charge is 0.116 e. The monoisotopic (exact) mass is 281 g/mol. The maximum atomic E-state index is 9.97. The van der Waals surface area contributed by atoms with Crippen LogP contribution in [0.15, 0.2) is 30.0 Å². The van der Waals surface area contributed by atoms with Gasteiger partial charge in [-0.2, -0.15) is 0 Å². The number of hydrogen-bond acceptors (Lipinski definition) is 2. The average molecular weight is 281 g/mol. The number of fused-ring (bicyclic) bond motifs is 4.